The Morgan fingerprint density at radius 1 is 1.32 bits per heavy atom. The molecule has 0 fully saturated rings. The van der Waals surface area contributed by atoms with Gasteiger partial charge in [-0.05, 0) is 18.2 Å². The van der Waals surface area contributed by atoms with E-state index in [0.717, 1.165) is 0 Å². The van der Waals surface area contributed by atoms with Crippen LogP contribution >= 0.6 is 0 Å². The fraction of sp³-hybridized carbons (Fsp3) is 0.250. The number of carbonyl (C=O) groups excluding carboxylic acids is 2. The Morgan fingerprint density at radius 2 is 2.05 bits per heavy atom. The van der Waals surface area contributed by atoms with Gasteiger partial charge in [-0.3, -0.25) is 4.79 Å². The average Bonchev–Trinajstić information content (AvgIpc) is 2.37. The zero-order chi connectivity index (χ0) is 14.3. The highest BCUT2D eigenvalue weighted by atomic mass is 16.5. The number of aliphatic carboxylic acids is 1. The molecule has 0 aliphatic carbocycles. The fourth-order valence-electron chi connectivity index (χ4n) is 1.30. The first-order valence-electron chi connectivity index (χ1n) is 5.48. The van der Waals surface area contributed by atoms with Crippen molar-refractivity contribution in [2.75, 3.05) is 19.0 Å². The van der Waals surface area contributed by atoms with Crippen molar-refractivity contribution in [1.82, 2.24) is 5.32 Å². The van der Waals surface area contributed by atoms with E-state index in [1.807, 2.05) is 0 Å². The largest absolute Gasteiger partial charge is 0.481 e. The maximum Gasteiger partial charge on any atom is 0.337 e. The van der Waals surface area contributed by atoms with Gasteiger partial charge in [-0.1, -0.05) is 6.07 Å². The molecular weight excluding hydrogens is 252 g/mol. The highest BCUT2D eigenvalue weighted by molar-refractivity contribution is 5.93. The number of amides is 2. The van der Waals surface area contributed by atoms with Crippen molar-refractivity contribution >= 4 is 23.7 Å². The van der Waals surface area contributed by atoms with E-state index in [4.69, 9.17) is 5.11 Å². The van der Waals surface area contributed by atoms with Crippen LogP contribution in [0, 0.1) is 0 Å². The van der Waals surface area contributed by atoms with Crippen LogP contribution < -0.4 is 10.6 Å². The van der Waals surface area contributed by atoms with E-state index >= 15 is 0 Å². The van der Waals surface area contributed by atoms with E-state index in [0.29, 0.717) is 11.3 Å². The number of carboxylic acid groups (broad SMARTS) is 1. The lowest BCUT2D eigenvalue weighted by atomic mass is 10.2. The SMILES string of the molecule is COC(=O)c1cccc(NC(=O)NCCC(=O)O)c1. The summed E-state index contributed by atoms with van der Waals surface area (Å²) in [6.07, 6.45) is -0.157. The smallest absolute Gasteiger partial charge is 0.337 e. The van der Waals surface area contributed by atoms with Crippen molar-refractivity contribution in [2.24, 2.45) is 0 Å². The number of carboxylic acids is 1. The monoisotopic (exact) mass is 266 g/mol. The summed E-state index contributed by atoms with van der Waals surface area (Å²) in [4.78, 5) is 33.0. The second-order valence-corrected chi connectivity index (χ2v) is 3.60. The van der Waals surface area contributed by atoms with Crippen molar-refractivity contribution in [3.8, 4) is 0 Å². The Bertz CT molecular complexity index is 487. The third-order valence-electron chi connectivity index (χ3n) is 2.17. The lowest BCUT2D eigenvalue weighted by Crippen LogP contribution is -2.30. The maximum atomic E-state index is 11.4. The summed E-state index contributed by atoms with van der Waals surface area (Å²) in [5.41, 5.74) is 0.724. The third kappa shape index (κ3) is 5.07. The number of hydrogen-bond acceptors (Lipinski definition) is 4. The lowest BCUT2D eigenvalue weighted by molar-refractivity contribution is -0.136. The summed E-state index contributed by atoms with van der Waals surface area (Å²) in [6, 6.07) is 5.67. The summed E-state index contributed by atoms with van der Waals surface area (Å²) in [7, 11) is 1.26. The van der Waals surface area contributed by atoms with Gasteiger partial charge in [0.15, 0.2) is 0 Å². The van der Waals surface area contributed by atoms with Crippen LogP contribution in [-0.2, 0) is 9.53 Å². The van der Waals surface area contributed by atoms with Gasteiger partial charge in [-0.15, -0.1) is 0 Å². The zero-order valence-electron chi connectivity index (χ0n) is 10.3. The third-order valence-corrected chi connectivity index (χ3v) is 2.17. The van der Waals surface area contributed by atoms with E-state index in [1.54, 1.807) is 18.2 Å². The molecule has 0 radical (unpaired) electrons. The van der Waals surface area contributed by atoms with Crippen LogP contribution in [0.25, 0.3) is 0 Å². The summed E-state index contributed by atoms with van der Waals surface area (Å²) in [5.74, 6) is -1.50. The summed E-state index contributed by atoms with van der Waals surface area (Å²) >= 11 is 0. The molecule has 7 heteroatoms. The molecule has 0 aliphatic rings. The molecule has 1 aromatic rings. The number of carbonyl (C=O) groups is 3. The van der Waals surface area contributed by atoms with E-state index in [2.05, 4.69) is 15.4 Å². The van der Waals surface area contributed by atoms with Crippen molar-refractivity contribution in [2.45, 2.75) is 6.42 Å². The molecule has 1 rings (SSSR count). The minimum Gasteiger partial charge on any atom is -0.481 e. The van der Waals surface area contributed by atoms with Crippen LogP contribution in [0.1, 0.15) is 16.8 Å². The lowest BCUT2D eigenvalue weighted by Gasteiger charge is -2.07. The normalized spacial score (nSPS) is 9.53. The molecule has 0 heterocycles. The average molecular weight is 266 g/mol. The first-order valence-corrected chi connectivity index (χ1v) is 5.48. The first kappa shape index (κ1) is 14.5. The highest BCUT2D eigenvalue weighted by Gasteiger charge is 2.07. The number of hydrogen-bond donors (Lipinski definition) is 3. The minimum absolute atomic E-state index is 0.0257. The summed E-state index contributed by atoms with van der Waals surface area (Å²) in [6.45, 7) is 0.0257. The number of urea groups is 1. The number of ether oxygens (including phenoxy) is 1. The summed E-state index contributed by atoms with van der Waals surface area (Å²) in [5, 5.41) is 13.3. The van der Waals surface area contributed by atoms with Gasteiger partial charge in [0.05, 0.1) is 19.1 Å². The van der Waals surface area contributed by atoms with Gasteiger partial charge in [-0.25, -0.2) is 9.59 Å². The molecule has 0 saturated carbocycles. The number of benzene rings is 1. The number of rotatable bonds is 5. The number of nitrogens with one attached hydrogen (secondary N) is 2. The first-order chi connectivity index (χ1) is 9.02. The minimum atomic E-state index is -0.993. The van der Waals surface area contributed by atoms with Crippen LogP contribution in [-0.4, -0.2) is 36.7 Å². The van der Waals surface area contributed by atoms with Crippen LogP contribution in [0.4, 0.5) is 10.5 Å². The second-order valence-electron chi connectivity index (χ2n) is 3.60. The predicted molar refractivity (Wildman–Crippen MR) is 67.1 cm³/mol. The van der Waals surface area contributed by atoms with Crippen molar-refractivity contribution in [3.05, 3.63) is 29.8 Å². The zero-order valence-corrected chi connectivity index (χ0v) is 10.3. The van der Waals surface area contributed by atoms with Gasteiger partial charge in [0.25, 0.3) is 0 Å². The van der Waals surface area contributed by atoms with Crippen molar-refractivity contribution < 1.29 is 24.2 Å². The Morgan fingerprint density at radius 3 is 2.68 bits per heavy atom. The maximum absolute atomic E-state index is 11.4. The molecule has 1 aromatic carbocycles. The summed E-state index contributed by atoms with van der Waals surface area (Å²) < 4.78 is 4.55. The molecule has 0 saturated heterocycles. The molecule has 0 aromatic heterocycles. The fourth-order valence-corrected chi connectivity index (χ4v) is 1.30. The molecule has 7 nitrogen and oxygen atoms in total. The standard InChI is InChI=1S/C12H14N2O5/c1-19-11(17)8-3-2-4-9(7-8)14-12(18)13-6-5-10(15)16/h2-4,7H,5-6H2,1H3,(H,15,16)(H2,13,14,18). The molecule has 0 atom stereocenters. The number of anilines is 1. The quantitative estimate of drug-likeness (QED) is 0.691. The van der Waals surface area contributed by atoms with E-state index < -0.39 is 18.0 Å². The van der Waals surface area contributed by atoms with Crippen LogP contribution in [0.5, 0.6) is 0 Å². The Balaban J connectivity index is 2.54. The van der Waals surface area contributed by atoms with Gasteiger partial charge >= 0.3 is 18.0 Å². The Kier molecular flexibility index (Phi) is 5.34. The van der Waals surface area contributed by atoms with E-state index in [1.165, 1.54) is 13.2 Å². The van der Waals surface area contributed by atoms with Gasteiger partial charge in [0.2, 0.25) is 0 Å². The second kappa shape index (κ2) is 7.00. The number of esters is 1. The van der Waals surface area contributed by atoms with Crippen molar-refractivity contribution in [3.63, 3.8) is 0 Å². The molecule has 0 spiro atoms. The predicted octanol–water partition coefficient (Wildman–Crippen LogP) is 1.07. The Labute approximate surface area is 109 Å². The van der Waals surface area contributed by atoms with Crippen molar-refractivity contribution in [1.29, 1.82) is 0 Å². The van der Waals surface area contributed by atoms with Gasteiger partial charge < -0.3 is 20.5 Å². The van der Waals surface area contributed by atoms with Crippen LogP contribution in [0.3, 0.4) is 0 Å². The number of methoxy groups -OCH3 is 1. The molecule has 3 N–H and O–H groups in total. The van der Waals surface area contributed by atoms with Crippen LogP contribution in [0.2, 0.25) is 0 Å². The van der Waals surface area contributed by atoms with E-state index in [-0.39, 0.29) is 13.0 Å². The topological polar surface area (TPSA) is 105 Å². The van der Waals surface area contributed by atoms with Gasteiger partial charge in [0, 0.05) is 12.2 Å². The molecule has 0 bridgehead atoms. The molecule has 102 valence electrons. The molecule has 19 heavy (non-hydrogen) atoms. The van der Waals surface area contributed by atoms with Crippen LogP contribution in [0.15, 0.2) is 24.3 Å². The molecule has 0 aliphatic heterocycles. The van der Waals surface area contributed by atoms with Gasteiger partial charge in [0.1, 0.15) is 0 Å². The molecule has 2 amide bonds. The van der Waals surface area contributed by atoms with E-state index in [9.17, 15) is 14.4 Å². The van der Waals surface area contributed by atoms with Gasteiger partial charge in [-0.2, -0.15) is 0 Å². The Hall–Kier alpha value is -2.57. The molecular formula is C12H14N2O5. The molecule has 0 unspecified atom stereocenters. The highest BCUT2D eigenvalue weighted by Crippen LogP contribution is 2.11.